The quantitative estimate of drug-likeness (QED) is 0.751. The maximum Gasteiger partial charge on any atom is 0.241 e. The van der Waals surface area contributed by atoms with E-state index in [4.69, 9.17) is 0 Å². The molecule has 118 valence electrons. The molecule has 3 aromatic rings. The largest absolute Gasteiger partial charge is 0.265 e. The summed E-state index contributed by atoms with van der Waals surface area (Å²) in [5, 5.41) is 10.8. The van der Waals surface area contributed by atoms with Gasteiger partial charge in [0.2, 0.25) is 10.0 Å². The Kier molecular flexibility index (Phi) is 4.13. The van der Waals surface area contributed by atoms with E-state index in [1.807, 2.05) is 0 Å². The minimum Gasteiger partial charge on any atom is -0.265 e. The second-order valence-electron chi connectivity index (χ2n) is 4.88. The van der Waals surface area contributed by atoms with Gasteiger partial charge in [-0.2, -0.15) is 0 Å². The van der Waals surface area contributed by atoms with Crippen molar-refractivity contribution in [1.82, 2.24) is 29.9 Å². The topological polar surface area (TPSA) is 103 Å². The highest BCUT2D eigenvalue weighted by Crippen LogP contribution is 2.18. The number of hydrogen-bond acceptors (Lipinski definition) is 6. The molecule has 0 spiro atoms. The summed E-state index contributed by atoms with van der Waals surface area (Å²) >= 11 is 0. The molecule has 0 aliphatic rings. The second-order valence-corrected chi connectivity index (χ2v) is 6.59. The molecular weight excluding hydrogens is 316 g/mol. The van der Waals surface area contributed by atoms with Crippen molar-refractivity contribution in [3.8, 4) is 5.69 Å². The smallest absolute Gasteiger partial charge is 0.241 e. The summed E-state index contributed by atoms with van der Waals surface area (Å²) in [5.41, 5.74) is 1.40. The van der Waals surface area contributed by atoms with Crippen LogP contribution in [-0.2, 0) is 10.0 Å². The van der Waals surface area contributed by atoms with E-state index in [0.717, 1.165) is 5.56 Å². The third kappa shape index (κ3) is 3.41. The van der Waals surface area contributed by atoms with Crippen molar-refractivity contribution in [2.24, 2.45) is 0 Å². The van der Waals surface area contributed by atoms with Crippen molar-refractivity contribution in [1.29, 1.82) is 0 Å². The molecule has 1 N–H and O–H groups in total. The molecule has 9 heteroatoms. The average Bonchev–Trinajstić information content (AvgIpc) is 3.10. The lowest BCUT2D eigenvalue weighted by Gasteiger charge is -2.14. The summed E-state index contributed by atoms with van der Waals surface area (Å²) in [4.78, 5) is 4.07. The van der Waals surface area contributed by atoms with Gasteiger partial charge in [0.05, 0.1) is 10.6 Å². The van der Waals surface area contributed by atoms with E-state index in [9.17, 15) is 8.42 Å². The molecule has 0 aliphatic carbocycles. The van der Waals surface area contributed by atoms with Gasteiger partial charge in [0.1, 0.15) is 6.33 Å². The van der Waals surface area contributed by atoms with Crippen LogP contribution in [0.4, 0.5) is 0 Å². The van der Waals surface area contributed by atoms with E-state index in [-0.39, 0.29) is 10.9 Å². The summed E-state index contributed by atoms with van der Waals surface area (Å²) in [6, 6.07) is 9.56. The predicted octanol–water partition coefficient (Wildman–Crippen LogP) is 1.10. The van der Waals surface area contributed by atoms with Crippen LogP contribution in [0.3, 0.4) is 0 Å². The molecule has 2 aromatic heterocycles. The summed E-state index contributed by atoms with van der Waals surface area (Å²) in [6.45, 7) is 1.78. The zero-order valence-corrected chi connectivity index (χ0v) is 13.1. The van der Waals surface area contributed by atoms with Crippen molar-refractivity contribution < 1.29 is 8.42 Å². The van der Waals surface area contributed by atoms with Crippen molar-refractivity contribution in [3.05, 3.63) is 60.7 Å². The molecule has 0 saturated carbocycles. The van der Waals surface area contributed by atoms with Crippen molar-refractivity contribution >= 4 is 10.0 Å². The first-order valence-corrected chi connectivity index (χ1v) is 8.30. The van der Waals surface area contributed by atoms with Gasteiger partial charge in [-0.15, -0.1) is 5.10 Å². The number of aromatic nitrogens is 5. The van der Waals surface area contributed by atoms with E-state index >= 15 is 0 Å². The van der Waals surface area contributed by atoms with Gasteiger partial charge < -0.3 is 0 Å². The van der Waals surface area contributed by atoms with E-state index in [0.29, 0.717) is 5.69 Å². The highest BCUT2D eigenvalue weighted by atomic mass is 32.2. The monoisotopic (exact) mass is 330 g/mol. The average molecular weight is 330 g/mol. The van der Waals surface area contributed by atoms with Crippen LogP contribution in [0.2, 0.25) is 0 Å². The molecular formula is C14H14N6O2S. The fourth-order valence-electron chi connectivity index (χ4n) is 2.09. The SMILES string of the molecule is C[C@H](NS(=O)(=O)c1cccc(-n2cnnn2)c1)c1ccncc1. The van der Waals surface area contributed by atoms with Gasteiger partial charge in [0.15, 0.2) is 0 Å². The molecule has 0 unspecified atom stereocenters. The van der Waals surface area contributed by atoms with Crippen LogP contribution < -0.4 is 4.72 Å². The normalized spacial score (nSPS) is 12.9. The molecule has 2 heterocycles. The van der Waals surface area contributed by atoms with E-state index < -0.39 is 10.0 Å². The first-order valence-electron chi connectivity index (χ1n) is 6.82. The van der Waals surface area contributed by atoms with Gasteiger partial charge in [-0.1, -0.05) is 6.07 Å². The molecule has 1 atom stereocenters. The third-order valence-corrected chi connectivity index (χ3v) is 4.82. The molecule has 0 aliphatic heterocycles. The molecule has 1 aromatic carbocycles. The van der Waals surface area contributed by atoms with Crippen molar-refractivity contribution in [2.75, 3.05) is 0 Å². The molecule has 3 rings (SSSR count). The lowest BCUT2D eigenvalue weighted by atomic mass is 10.1. The summed E-state index contributed by atoms with van der Waals surface area (Å²) in [5.74, 6) is 0. The van der Waals surface area contributed by atoms with E-state index in [1.165, 1.54) is 23.1 Å². The maximum absolute atomic E-state index is 12.6. The summed E-state index contributed by atoms with van der Waals surface area (Å²) in [6.07, 6.45) is 4.65. The first-order chi connectivity index (χ1) is 11.1. The molecule has 23 heavy (non-hydrogen) atoms. The first kappa shape index (κ1) is 15.3. The van der Waals surface area contributed by atoms with Crippen LogP contribution in [0.15, 0.2) is 60.0 Å². The molecule has 0 saturated heterocycles. The third-order valence-electron chi connectivity index (χ3n) is 3.28. The van der Waals surface area contributed by atoms with E-state index in [1.54, 1.807) is 43.6 Å². The minimum atomic E-state index is -3.67. The van der Waals surface area contributed by atoms with E-state index in [2.05, 4.69) is 25.2 Å². The zero-order valence-electron chi connectivity index (χ0n) is 12.2. The number of rotatable bonds is 5. The van der Waals surface area contributed by atoms with Gasteiger partial charge in [0.25, 0.3) is 0 Å². The van der Waals surface area contributed by atoms with Crippen LogP contribution >= 0.6 is 0 Å². The minimum absolute atomic E-state index is 0.145. The van der Waals surface area contributed by atoms with Gasteiger partial charge in [-0.25, -0.2) is 17.8 Å². The molecule has 8 nitrogen and oxygen atoms in total. The van der Waals surface area contributed by atoms with Crippen LogP contribution in [0.1, 0.15) is 18.5 Å². The van der Waals surface area contributed by atoms with Gasteiger partial charge in [-0.3, -0.25) is 4.98 Å². The van der Waals surface area contributed by atoms with Crippen LogP contribution in [0.25, 0.3) is 5.69 Å². The lowest BCUT2D eigenvalue weighted by Crippen LogP contribution is -2.27. The Bertz CT molecular complexity index is 881. The second kappa shape index (κ2) is 6.23. The Morgan fingerprint density at radius 2 is 1.96 bits per heavy atom. The van der Waals surface area contributed by atoms with Crippen LogP contribution in [0, 0.1) is 0 Å². The highest BCUT2D eigenvalue weighted by molar-refractivity contribution is 7.89. The number of sulfonamides is 1. The Labute approximate surface area is 133 Å². The molecule has 0 fully saturated rings. The standard InChI is InChI=1S/C14H14N6O2S/c1-11(12-5-7-15-8-6-12)17-23(21,22)14-4-2-3-13(9-14)20-10-16-18-19-20/h2-11,17H,1H3/t11-/m0/s1. The van der Waals surface area contributed by atoms with Crippen LogP contribution in [-0.4, -0.2) is 33.6 Å². The molecule has 0 amide bonds. The highest BCUT2D eigenvalue weighted by Gasteiger charge is 2.19. The Morgan fingerprint density at radius 1 is 1.17 bits per heavy atom. The van der Waals surface area contributed by atoms with Gasteiger partial charge in [0, 0.05) is 18.4 Å². The Hall–Kier alpha value is -2.65. The summed E-state index contributed by atoms with van der Waals surface area (Å²) < 4.78 is 29.1. The fraction of sp³-hybridized carbons (Fsp3) is 0.143. The van der Waals surface area contributed by atoms with Crippen molar-refractivity contribution in [2.45, 2.75) is 17.9 Å². The number of tetrazole rings is 1. The van der Waals surface area contributed by atoms with Gasteiger partial charge >= 0.3 is 0 Å². The molecule has 0 radical (unpaired) electrons. The fourth-order valence-corrected chi connectivity index (χ4v) is 3.36. The Morgan fingerprint density at radius 3 is 2.65 bits per heavy atom. The summed E-state index contributed by atoms with van der Waals surface area (Å²) in [7, 11) is -3.67. The van der Waals surface area contributed by atoms with Gasteiger partial charge in [-0.05, 0) is 53.2 Å². The molecule has 0 bridgehead atoms. The number of benzene rings is 1. The van der Waals surface area contributed by atoms with Crippen molar-refractivity contribution in [3.63, 3.8) is 0 Å². The predicted molar refractivity (Wildman–Crippen MR) is 82.1 cm³/mol. The number of nitrogens with zero attached hydrogens (tertiary/aromatic N) is 5. The zero-order chi connectivity index (χ0) is 16.3. The number of nitrogens with one attached hydrogen (secondary N) is 1. The number of hydrogen-bond donors (Lipinski definition) is 1. The lowest BCUT2D eigenvalue weighted by molar-refractivity contribution is 0.566. The number of pyridine rings is 1. The Balaban J connectivity index is 1.87. The maximum atomic E-state index is 12.6. The van der Waals surface area contributed by atoms with Crippen LogP contribution in [0.5, 0.6) is 0 Å².